The van der Waals surface area contributed by atoms with Crippen molar-refractivity contribution in [2.24, 2.45) is 11.3 Å². The largest absolute Gasteiger partial charge is 0.367 e. The average Bonchev–Trinajstić information content (AvgIpc) is 3.59. The van der Waals surface area contributed by atoms with Crippen molar-refractivity contribution in [3.8, 4) is 0 Å². The number of likely N-dealkylation sites (tertiary alicyclic amines) is 1. The fourth-order valence-corrected chi connectivity index (χ4v) is 7.78. The van der Waals surface area contributed by atoms with Crippen LogP contribution in [0.15, 0.2) is 24.3 Å². The van der Waals surface area contributed by atoms with Crippen LogP contribution in [0.2, 0.25) is 0 Å². The van der Waals surface area contributed by atoms with E-state index >= 15 is 0 Å². The predicted molar refractivity (Wildman–Crippen MR) is 129 cm³/mol. The minimum absolute atomic E-state index is 0.0246. The molecule has 3 saturated heterocycles. The molecule has 3 aliphatic heterocycles. The second-order valence-corrected chi connectivity index (χ2v) is 12.7. The normalized spacial score (nSPS) is 29.9. The quantitative estimate of drug-likeness (QED) is 0.655. The first kappa shape index (κ1) is 24.2. The van der Waals surface area contributed by atoms with Gasteiger partial charge in [0, 0.05) is 24.6 Å². The van der Waals surface area contributed by atoms with E-state index in [1.807, 2.05) is 13.8 Å². The van der Waals surface area contributed by atoms with E-state index in [2.05, 4.69) is 5.32 Å². The number of hydrogen-bond donors (Lipinski definition) is 1. The topological polar surface area (TPSA) is 113 Å². The Bertz CT molecular complexity index is 1130. The number of hydrogen-bond acceptors (Lipinski definition) is 6. The summed E-state index contributed by atoms with van der Waals surface area (Å²) in [5.74, 6) is -0.507. The van der Waals surface area contributed by atoms with Gasteiger partial charge in [0.2, 0.25) is 15.9 Å². The molecule has 9 nitrogen and oxygen atoms in total. The first-order valence-electron chi connectivity index (χ1n) is 12.5. The fourth-order valence-electron chi connectivity index (χ4n) is 6.21. The monoisotopic (exact) mass is 503 g/mol. The third-order valence-corrected chi connectivity index (χ3v) is 10.1. The van der Waals surface area contributed by atoms with Gasteiger partial charge in [-0.3, -0.25) is 18.7 Å². The van der Waals surface area contributed by atoms with E-state index in [4.69, 9.17) is 4.74 Å². The molecular formula is C25H33N3O6S. The average molecular weight is 504 g/mol. The standard InChI is InChI=1S/C25H33N3O6S/c1-16-14-27(20-19(29)15-34-21(16)20)24(31)22(25(2)10-3-4-11-25)26-23(30)17-6-8-18(9-7-17)28-12-5-13-35(28,32)33/h6-9,16,20-22H,3-5,10-15H2,1-2H3,(H,26,30)/t16-,20+,21+,22+/m0/s1. The molecule has 5 rings (SSSR count). The molecule has 0 spiro atoms. The van der Waals surface area contributed by atoms with E-state index in [1.54, 1.807) is 29.2 Å². The number of ether oxygens (including phenoxy) is 1. The van der Waals surface area contributed by atoms with E-state index < -0.39 is 27.5 Å². The fraction of sp³-hybridized carbons (Fsp3) is 0.640. The number of carbonyl (C=O) groups is 3. The molecule has 0 unspecified atom stereocenters. The summed E-state index contributed by atoms with van der Waals surface area (Å²) in [6.45, 7) is 4.91. The lowest BCUT2D eigenvalue weighted by molar-refractivity contribution is -0.140. The number of benzene rings is 1. The van der Waals surface area contributed by atoms with Crippen molar-refractivity contribution >= 4 is 33.3 Å². The molecule has 0 bridgehead atoms. The Labute approximate surface area is 206 Å². The number of nitrogens with zero attached hydrogens (tertiary/aromatic N) is 2. The van der Waals surface area contributed by atoms with Gasteiger partial charge in [0.15, 0.2) is 5.78 Å². The van der Waals surface area contributed by atoms with Crippen molar-refractivity contribution in [1.82, 2.24) is 10.2 Å². The van der Waals surface area contributed by atoms with Crippen LogP contribution in [0.3, 0.4) is 0 Å². The molecule has 4 fully saturated rings. The van der Waals surface area contributed by atoms with E-state index in [-0.39, 0.29) is 42.0 Å². The highest BCUT2D eigenvalue weighted by Crippen LogP contribution is 2.42. The lowest BCUT2D eigenvalue weighted by atomic mass is 9.79. The van der Waals surface area contributed by atoms with Crippen molar-refractivity contribution in [3.05, 3.63) is 29.8 Å². The Morgan fingerprint density at radius 1 is 1.14 bits per heavy atom. The molecular weight excluding hydrogens is 470 g/mol. The van der Waals surface area contributed by atoms with Crippen LogP contribution >= 0.6 is 0 Å². The number of carbonyl (C=O) groups excluding carboxylic acids is 3. The van der Waals surface area contributed by atoms with Gasteiger partial charge >= 0.3 is 0 Å². The first-order chi connectivity index (χ1) is 16.6. The highest BCUT2D eigenvalue weighted by molar-refractivity contribution is 7.93. The van der Waals surface area contributed by atoms with Gasteiger partial charge in [0.05, 0.1) is 17.5 Å². The Morgan fingerprint density at radius 3 is 2.46 bits per heavy atom. The molecule has 1 saturated carbocycles. The lowest BCUT2D eigenvalue weighted by Gasteiger charge is -2.37. The lowest BCUT2D eigenvalue weighted by Crippen LogP contribution is -2.57. The number of fused-ring (bicyclic) bond motifs is 1. The van der Waals surface area contributed by atoms with Gasteiger partial charge in [-0.15, -0.1) is 0 Å². The number of anilines is 1. The molecule has 35 heavy (non-hydrogen) atoms. The van der Waals surface area contributed by atoms with Crippen molar-refractivity contribution in [2.75, 3.05) is 29.8 Å². The van der Waals surface area contributed by atoms with Crippen LogP contribution < -0.4 is 9.62 Å². The molecule has 1 aromatic rings. The second kappa shape index (κ2) is 8.89. The highest BCUT2D eigenvalue weighted by Gasteiger charge is 2.54. The third-order valence-electron chi connectivity index (χ3n) is 8.21. The molecule has 190 valence electrons. The highest BCUT2D eigenvalue weighted by atomic mass is 32.2. The van der Waals surface area contributed by atoms with Crippen molar-refractivity contribution < 1.29 is 27.5 Å². The van der Waals surface area contributed by atoms with Crippen LogP contribution in [0, 0.1) is 11.3 Å². The molecule has 3 heterocycles. The third kappa shape index (κ3) is 4.24. The SMILES string of the molecule is C[C@H]1CN(C(=O)[C@@H](NC(=O)c2ccc(N3CCCS3(=O)=O)cc2)C2(C)CCCC2)[C@@H]2C(=O)CO[C@@H]21. The van der Waals surface area contributed by atoms with Crippen molar-refractivity contribution in [1.29, 1.82) is 0 Å². The van der Waals surface area contributed by atoms with Crippen molar-refractivity contribution in [2.45, 2.75) is 64.1 Å². The molecule has 4 aliphatic rings. The van der Waals surface area contributed by atoms with Crippen LogP contribution in [0.1, 0.15) is 56.3 Å². The summed E-state index contributed by atoms with van der Waals surface area (Å²) in [4.78, 5) is 41.3. The van der Waals surface area contributed by atoms with Gasteiger partial charge < -0.3 is 15.0 Å². The Morgan fingerprint density at radius 2 is 1.83 bits per heavy atom. The summed E-state index contributed by atoms with van der Waals surface area (Å²) in [5, 5.41) is 2.99. The van der Waals surface area contributed by atoms with Gasteiger partial charge in [0.1, 0.15) is 18.7 Å². The predicted octanol–water partition coefficient (Wildman–Crippen LogP) is 1.72. The summed E-state index contributed by atoms with van der Waals surface area (Å²) in [7, 11) is -3.30. The van der Waals surface area contributed by atoms with E-state index in [1.165, 1.54) is 4.31 Å². The van der Waals surface area contributed by atoms with Crippen molar-refractivity contribution in [3.63, 3.8) is 0 Å². The molecule has 1 aromatic carbocycles. The molecule has 0 radical (unpaired) electrons. The van der Waals surface area contributed by atoms with E-state index in [0.29, 0.717) is 30.8 Å². The summed E-state index contributed by atoms with van der Waals surface area (Å²) in [5.41, 5.74) is 0.490. The van der Waals surface area contributed by atoms with Gasteiger partial charge in [0.25, 0.3) is 5.91 Å². The first-order valence-corrected chi connectivity index (χ1v) is 14.1. The number of ketones is 1. The van der Waals surface area contributed by atoms with Gasteiger partial charge in [-0.2, -0.15) is 0 Å². The van der Waals surface area contributed by atoms with E-state index in [9.17, 15) is 22.8 Å². The Hall–Kier alpha value is -2.46. The van der Waals surface area contributed by atoms with Gasteiger partial charge in [-0.05, 0) is 48.9 Å². The number of Topliss-reactive ketones (excluding diaryl/α,β-unsaturated/α-hetero) is 1. The Kier molecular flexibility index (Phi) is 6.15. The smallest absolute Gasteiger partial charge is 0.251 e. The van der Waals surface area contributed by atoms with Crippen LogP contribution in [0.5, 0.6) is 0 Å². The zero-order valence-corrected chi connectivity index (χ0v) is 21.1. The molecule has 10 heteroatoms. The second-order valence-electron chi connectivity index (χ2n) is 10.7. The summed E-state index contributed by atoms with van der Waals surface area (Å²) >= 11 is 0. The van der Waals surface area contributed by atoms with Crippen LogP contribution in [-0.4, -0.2) is 74.6 Å². The van der Waals surface area contributed by atoms with E-state index in [0.717, 1.165) is 25.7 Å². The number of amides is 2. The van der Waals surface area contributed by atoms with Crippen LogP contribution in [0.25, 0.3) is 0 Å². The maximum absolute atomic E-state index is 13.9. The zero-order chi connectivity index (χ0) is 25.0. The van der Waals surface area contributed by atoms with Crippen LogP contribution in [-0.2, 0) is 24.3 Å². The molecule has 1 N–H and O–H groups in total. The maximum Gasteiger partial charge on any atom is 0.251 e. The molecule has 4 atom stereocenters. The number of nitrogens with one attached hydrogen (secondary N) is 1. The number of rotatable bonds is 5. The summed E-state index contributed by atoms with van der Waals surface area (Å²) < 4.78 is 31.4. The minimum Gasteiger partial charge on any atom is -0.367 e. The van der Waals surface area contributed by atoms with Crippen LogP contribution in [0.4, 0.5) is 5.69 Å². The Balaban J connectivity index is 1.37. The summed E-state index contributed by atoms with van der Waals surface area (Å²) in [6, 6.07) is 5.12. The minimum atomic E-state index is -3.30. The zero-order valence-electron chi connectivity index (χ0n) is 20.2. The molecule has 0 aromatic heterocycles. The maximum atomic E-state index is 13.9. The summed E-state index contributed by atoms with van der Waals surface area (Å²) in [6.07, 6.45) is 3.90. The molecule has 2 amide bonds. The number of sulfonamides is 1. The van der Waals surface area contributed by atoms with Gasteiger partial charge in [-0.25, -0.2) is 8.42 Å². The molecule has 1 aliphatic carbocycles. The van der Waals surface area contributed by atoms with Gasteiger partial charge in [-0.1, -0.05) is 26.7 Å².